The average Bonchev–Trinajstić information content (AvgIpc) is 3.05. The lowest BCUT2D eigenvalue weighted by Gasteiger charge is -2.09. The van der Waals surface area contributed by atoms with Crippen LogP contribution in [0.25, 0.3) is 0 Å². The molecule has 0 aromatic heterocycles. The summed E-state index contributed by atoms with van der Waals surface area (Å²) in [7, 11) is 0. The van der Waals surface area contributed by atoms with Gasteiger partial charge in [0.25, 0.3) is 0 Å². The largest absolute Gasteiger partial charge is 0.462 e. The van der Waals surface area contributed by atoms with Crippen LogP contribution in [-0.4, -0.2) is 12.6 Å². The molecule has 0 unspecified atom stereocenters. The Morgan fingerprint density at radius 1 is 1.38 bits per heavy atom. The van der Waals surface area contributed by atoms with Gasteiger partial charge in [-0.05, 0) is 30.9 Å². The van der Waals surface area contributed by atoms with Crippen LogP contribution < -0.4 is 5.73 Å². The van der Waals surface area contributed by atoms with Crippen molar-refractivity contribution in [3.8, 4) is 0 Å². The third-order valence-corrected chi connectivity index (χ3v) is 3.14. The first-order chi connectivity index (χ1) is 7.59. The maximum atomic E-state index is 11.7. The van der Waals surface area contributed by atoms with Crippen molar-refractivity contribution in [2.24, 2.45) is 5.92 Å². The molecule has 3 nitrogen and oxygen atoms in total. The minimum atomic E-state index is -0.503. The first-order valence-corrected chi connectivity index (χ1v) is 5.75. The van der Waals surface area contributed by atoms with Gasteiger partial charge in [-0.15, -0.1) is 0 Å². The van der Waals surface area contributed by atoms with Crippen LogP contribution >= 0.6 is 23.2 Å². The van der Waals surface area contributed by atoms with Crippen molar-refractivity contribution in [2.75, 3.05) is 12.3 Å². The van der Waals surface area contributed by atoms with E-state index in [1.807, 2.05) is 0 Å². The van der Waals surface area contributed by atoms with E-state index in [4.69, 9.17) is 33.7 Å². The van der Waals surface area contributed by atoms with Crippen LogP contribution in [-0.2, 0) is 4.74 Å². The molecule has 0 atom stereocenters. The lowest BCUT2D eigenvalue weighted by atomic mass is 10.2. The van der Waals surface area contributed by atoms with Crippen molar-refractivity contribution in [1.29, 1.82) is 0 Å². The first-order valence-electron chi connectivity index (χ1n) is 5.00. The third-order valence-electron chi connectivity index (χ3n) is 2.49. The summed E-state index contributed by atoms with van der Waals surface area (Å²) in [6, 6.07) is 3.09. The molecule has 0 aliphatic heterocycles. The molecule has 86 valence electrons. The monoisotopic (exact) mass is 259 g/mol. The van der Waals surface area contributed by atoms with Gasteiger partial charge >= 0.3 is 5.97 Å². The molecule has 1 fully saturated rings. The minimum absolute atomic E-state index is 0.162. The minimum Gasteiger partial charge on any atom is -0.462 e. The van der Waals surface area contributed by atoms with Crippen LogP contribution in [0.5, 0.6) is 0 Å². The molecule has 2 rings (SSSR count). The molecule has 0 bridgehead atoms. The van der Waals surface area contributed by atoms with Crippen molar-refractivity contribution >= 4 is 34.9 Å². The molecular weight excluding hydrogens is 249 g/mol. The average molecular weight is 260 g/mol. The van der Waals surface area contributed by atoms with Crippen molar-refractivity contribution in [3.05, 3.63) is 27.7 Å². The SMILES string of the molecule is Nc1c(Cl)ccc(Cl)c1C(=O)OCC1CC1. The van der Waals surface area contributed by atoms with Crippen LogP contribution in [0.4, 0.5) is 5.69 Å². The lowest BCUT2D eigenvalue weighted by molar-refractivity contribution is 0.0487. The van der Waals surface area contributed by atoms with E-state index in [9.17, 15) is 4.79 Å². The van der Waals surface area contributed by atoms with E-state index in [0.29, 0.717) is 17.5 Å². The fourth-order valence-corrected chi connectivity index (χ4v) is 1.72. The van der Waals surface area contributed by atoms with Gasteiger partial charge in [0.1, 0.15) is 5.56 Å². The number of rotatable bonds is 3. The molecule has 5 heteroatoms. The number of hydrogen-bond donors (Lipinski definition) is 1. The molecule has 0 amide bonds. The zero-order chi connectivity index (χ0) is 11.7. The van der Waals surface area contributed by atoms with Gasteiger partial charge in [-0.25, -0.2) is 4.79 Å². The summed E-state index contributed by atoms with van der Waals surface area (Å²) in [5, 5.41) is 0.575. The fourth-order valence-electron chi connectivity index (χ4n) is 1.33. The van der Waals surface area contributed by atoms with Gasteiger partial charge in [0, 0.05) is 0 Å². The van der Waals surface area contributed by atoms with E-state index in [1.165, 1.54) is 6.07 Å². The van der Waals surface area contributed by atoms with E-state index >= 15 is 0 Å². The molecule has 2 N–H and O–H groups in total. The highest BCUT2D eigenvalue weighted by atomic mass is 35.5. The smallest absolute Gasteiger partial charge is 0.341 e. The molecular formula is C11H11Cl2NO2. The van der Waals surface area contributed by atoms with E-state index in [2.05, 4.69) is 0 Å². The number of nitrogens with two attached hydrogens (primary N) is 1. The maximum Gasteiger partial charge on any atom is 0.341 e. The lowest BCUT2D eigenvalue weighted by Crippen LogP contribution is -2.11. The van der Waals surface area contributed by atoms with Crippen molar-refractivity contribution in [3.63, 3.8) is 0 Å². The number of ether oxygens (including phenoxy) is 1. The third kappa shape index (κ3) is 2.42. The number of halogens is 2. The Kier molecular flexibility index (Phi) is 3.26. The second-order valence-corrected chi connectivity index (χ2v) is 4.67. The van der Waals surface area contributed by atoms with Crippen molar-refractivity contribution in [1.82, 2.24) is 0 Å². The summed E-state index contributed by atoms with van der Waals surface area (Å²) in [5.41, 5.74) is 6.03. The van der Waals surface area contributed by atoms with Gasteiger partial charge in [-0.3, -0.25) is 0 Å². The highest BCUT2D eigenvalue weighted by molar-refractivity contribution is 6.38. The second kappa shape index (κ2) is 4.52. The Morgan fingerprint density at radius 3 is 2.62 bits per heavy atom. The molecule has 0 spiro atoms. The molecule has 0 heterocycles. The Hall–Kier alpha value is -0.930. The van der Waals surface area contributed by atoms with Crippen molar-refractivity contribution < 1.29 is 9.53 Å². The molecule has 0 saturated heterocycles. The summed E-state index contributed by atoms with van der Waals surface area (Å²) >= 11 is 11.7. The summed E-state index contributed by atoms with van der Waals surface area (Å²) in [6.45, 7) is 0.432. The number of nitrogen functional groups attached to an aromatic ring is 1. The Labute approximate surface area is 103 Å². The summed E-state index contributed by atoms with van der Waals surface area (Å²) in [6.07, 6.45) is 2.23. The highest BCUT2D eigenvalue weighted by Crippen LogP contribution is 2.32. The number of benzene rings is 1. The summed E-state index contributed by atoms with van der Waals surface area (Å²) < 4.78 is 5.11. The number of carbonyl (C=O) groups excluding carboxylic acids is 1. The molecule has 1 saturated carbocycles. The van der Waals surface area contributed by atoms with Gasteiger partial charge in [-0.2, -0.15) is 0 Å². The normalized spacial score (nSPS) is 14.9. The van der Waals surface area contributed by atoms with Gasteiger partial charge in [-0.1, -0.05) is 23.2 Å². The van der Waals surface area contributed by atoms with E-state index < -0.39 is 5.97 Å². The van der Waals surface area contributed by atoms with Crippen LogP contribution in [0.1, 0.15) is 23.2 Å². The molecule has 1 aliphatic carbocycles. The van der Waals surface area contributed by atoms with Gasteiger partial charge in [0.05, 0.1) is 22.3 Å². The predicted molar refractivity (Wildman–Crippen MR) is 63.9 cm³/mol. The van der Waals surface area contributed by atoms with E-state index in [0.717, 1.165) is 12.8 Å². The predicted octanol–water partition coefficient (Wildman–Crippen LogP) is 3.14. The Balaban J connectivity index is 2.17. The second-order valence-electron chi connectivity index (χ2n) is 3.86. The van der Waals surface area contributed by atoms with Crippen LogP contribution in [0, 0.1) is 5.92 Å². The van der Waals surface area contributed by atoms with Crippen LogP contribution in [0.2, 0.25) is 10.0 Å². The van der Waals surface area contributed by atoms with Crippen LogP contribution in [0.15, 0.2) is 12.1 Å². The Bertz CT molecular complexity index is 430. The van der Waals surface area contributed by atoms with Gasteiger partial charge < -0.3 is 10.5 Å². The molecule has 0 radical (unpaired) electrons. The molecule has 1 aromatic rings. The summed E-state index contributed by atoms with van der Waals surface area (Å²) in [4.78, 5) is 11.7. The first kappa shape index (κ1) is 11.6. The Morgan fingerprint density at radius 2 is 2.00 bits per heavy atom. The maximum absolute atomic E-state index is 11.7. The zero-order valence-corrected chi connectivity index (χ0v) is 10.0. The van der Waals surface area contributed by atoms with Gasteiger partial charge in [0.2, 0.25) is 0 Å². The number of esters is 1. The van der Waals surface area contributed by atoms with Gasteiger partial charge in [0.15, 0.2) is 0 Å². The van der Waals surface area contributed by atoms with E-state index in [-0.39, 0.29) is 16.3 Å². The van der Waals surface area contributed by atoms with E-state index in [1.54, 1.807) is 6.07 Å². The quantitative estimate of drug-likeness (QED) is 0.670. The van der Waals surface area contributed by atoms with Crippen molar-refractivity contribution in [2.45, 2.75) is 12.8 Å². The number of anilines is 1. The highest BCUT2D eigenvalue weighted by Gasteiger charge is 2.25. The number of carbonyl (C=O) groups is 1. The zero-order valence-electron chi connectivity index (χ0n) is 8.50. The number of hydrogen-bond acceptors (Lipinski definition) is 3. The summed E-state index contributed by atoms with van der Waals surface area (Å²) in [5.74, 6) is 0.0000317. The molecule has 16 heavy (non-hydrogen) atoms. The van der Waals surface area contributed by atoms with Crippen LogP contribution in [0.3, 0.4) is 0 Å². The topological polar surface area (TPSA) is 52.3 Å². The molecule has 1 aromatic carbocycles. The molecule has 1 aliphatic rings. The fraction of sp³-hybridized carbons (Fsp3) is 0.364. The standard InChI is InChI=1S/C11H11Cl2NO2/c12-7-3-4-8(13)10(14)9(7)11(15)16-5-6-1-2-6/h3-4,6H,1-2,5,14H2.